The van der Waals surface area contributed by atoms with Crippen molar-refractivity contribution < 1.29 is 9.53 Å². The van der Waals surface area contributed by atoms with Gasteiger partial charge in [0.2, 0.25) is 0 Å². The van der Waals surface area contributed by atoms with Gasteiger partial charge in [-0.1, -0.05) is 12.2 Å². The summed E-state index contributed by atoms with van der Waals surface area (Å²) in [6, 6.07) is 0. The molecule has 0 aromatic rings. The van der Waals surface area contributed by atoms with Gasteiger partial charge >= 0.3 is 0 Å². The molecule has 0 spiro atoms. The summed E-state index contributed by atoms with van der Waals surface area (Å²) in [5.74, 6) is 2.04. The lowest BCUT2D eigenvalue weighted by molar-refractivity contribution is -0.125. The van der Waals surface area contributed by atoms with Gasteiger partial charge in [0, 0.05) is 18.9 Å². The van der Waals surface area contributed by atoms with Crippen molar-refractivity contribution in [1.82, 2.24) is 0 Å². The first kappa shape index (κ1) is 9.59. The zero-order valence-electron chi connectivity index (χ0n) is 9.02. The summed E-state index contributed by atoms with van der Waals surface area (Å²) in [4.78, 5) is 12.1. The fourth-order valence-electron chi connectivity index (χ4n) is 3.33. The molecule has 2 aliphatic carbocycles. The van der Waals surface area contributed by atoms with E-state index >= 15 is 0 Å². The quantitative estimate of drug-likeness (QED) is 0.662. The van der Waals surface area contributed by atoms with E-state index in [0.29, 0.717) is 30.0 Å². The molecule has 1 saturated carbocycles. The van der Waals surface area contributed by atoms with Crippen LogP contribution in [0, 0.1) is 17.8 Å². The molecule has 0 aromatic heterocycles. The highest BCUT2D eigenvalue weighted by atomic mass is 16.5. The molecule has 1 heterocycles. The lowest BCUT2D eigenvalue weighted by atomic mass is 9.87. The van der Waals surface area contributed by atoms with E-state index < -0.39 is 0 Å². The Morgan fingerprint density at radius 1 is 1.33 bits per heavy atom. The minimum Gasteiger partial charge on any atom is -0.378 e. The second kappa shape index (κ2) is 3.75. The van der Waals surface area contributed by atoms with Crippen molar-refractivity contribution >= 4 is 5.78 Å². The first-order valence-electron chi connectivity index (χ1n) is 6.15. The van der Waals surface area contributed by atoms with Crippen molar-refractivity contribution in [3.05, 3.63) is 12.2 Å². The molecule has 1 aliphatic heterocycles. The minimum absolute atomic E-state index is 0.237. The SMILES string of the molecule is O=C(CC1CCCO1)C1CC2C=CC1C2. The predicted octanol–water partition coefficient (Wildman–Crippen LogP) is 2.34. The number of carbonyl (C=O) groups excluding carboxylic acids is 1. The highest BCUT2D eigenvalue weighted by molar-refractivity contribution is 5.82. The third-order valence-electron chi connectivity index (χ3n) is 4.15. The van der Waals surface area contributed by atoms with E-state index in [9.17, 15) is 4.79 Å². The zero-order valence-corrected chi connectivity index (χ0v) is 9.02. The van der Waals surface area contributed by atoms with E-state index in [1.165, 1.54) is 6.42 Å². The van der Waals surface area contributed by atoms with Gasteiger partial charge in [0.25, 0.3) is 0 Å². The second-order valence-electron chi connectivity index (χ2n) is 5.19. The Balaban J connectivity index is 1.58. The number of allylic oxidation sites excluding steroid dienone is 2. The summed E-state index contributed by atoms with van der Waals surface area (Å²) in [6.07, 6.45) is 10.0. The average Bonchev–Trinajstić information content (AvgIpc) is 2.93. The highest BCUT2D eigenvalue weighted by Gasteiger charge is 2.40. The average molecular weight is 206 g/mol. The second-order valence-corrected chi connectivity index (χ2v) is 5.19. The Kier molecular flexibility index (Phi) is 2.39. The Labute approximate surface area is 90.7 Å². The number of rotatable bonds is 3. The molecular weight excluding hydrogens is 188 g/mol. The van der Waals surface area contributed by atoms with Crippen molar-refractivity contribution in [3.8, 4) is 0 Å². The van der Waals surface area contributed by atoms with Gasteiger partial charge in [-0.3, -0.25) is 4.79 Å². The number of Topliss-reactive ketones (excluding diaryl/α,β-unsaturated/α-hetero) is 1. The lowest BCUT2D eigenvalue weighted by Crippen LogP contribution is -2.23. The smallest absolute Gasteiger partial charge is 0.139 e. The number of ether oxygens (including phenoxy) is 1. The largest absolute Gasteiger partial charge is 0.378 e. The Morgan fingerprint density at radius 2 is 2.27 bits per heavy atom. The molecule has 0 amide bonds. The van der Waals surface area contributed by atoms with Crippen LogP contribution in [0.2, 0.25) is 0 Å². The van der Waals surface area contributed by atoms with Crippen LogP contribution in [-0.4, -0.2) is 18.5 Å². The number of hydrogen-bond acceptors (Lipinski definition) is 2. The van der Waals surface area contributed by atoms with Crippen molar-refractivity contribution in [2.75, 3.05) is 6.61 Å². The molecule has 0 N–H and O–H groups in total. The van der Waals surface area contributed by atoms with E-state index in [0.717, 1.165) is 25.9 Å². The number of hydrogen-bond donors (Lipinski definition) is 0. The third kappa shape index (κ3) is 1.76. The van der Waals surface area contributed by atoms with Gasteiger partial charge in [0.1, 0.15) is 5.78 Å². The number of ketones is 1. The van der Waals surface area contributed by atoms with Gasteiger partial charge in [0.15, 0.2) is 0 Å². The minimum atomic E-state index is 0.237. The lowest BCUT2D eigenvalue weighted by Gasteiger charge is -2.18. The molecule has 82 valence electrons. The molecule has 0 aromatic carbocycles. The molecule has 2 heteroatoms. The van der Waals surface area contributed by atoms with Crippen LogP contribution < -0.4 is 0 Å². The van der Waals surface area contributed by atoms with E-state index in [2.05, 4.69) is 12.2 Å². The molecule has 4 unspecified atom stereocenters. The summed E-state index contributed by atoms with van der Waals surface area (Å²) in [6.45, 7) is 0.856. The fourth-order valence-corrected chi connectivity index (χ4v) is 3.33. The van der Waals surface area contributed by atoms with Crippen molar-refractivity contribution in [3.63, 3.8) is 0 Å². The van der Waals surface area contributed by atoms with Crippen molar-refractivity contribution in [2.24, 2.45) is 17.8 Å². The number of fused-ring (bicyclic) bond motifs is 2. The van der Waals surface area contributed by atoms with Crippen LogP contribution in [0.15, 0.2) is 12.2 Å². The van der Waals surface area contributed by atoms with Crippen LogP contribution in [0.5, 0.6) is 0 Å². The van der Waals surface area contributed by atoms with E-state index in [1.807, 2.05) is 0 Å². The molecule has 2 nitrogen and oxygen atoms in total. The van der Waals surface area contributed by atoms with Crippen LogP contribution in [-0.2, 0) is 9.53 Å². The monoisotopic (exact) mass is 206 g/mol. The molecule has 15 heavy (non-hydrogen) atoms. The molecule has 3 rings (SSSR count). The molecule has 3 aliphatic rings. The molecule has 2 bridgehead atoms. The Hall–Kier alpha value is -0.630. The van der Waals surface area contributed by atoms with Gasteiger partial charge in [-0.25, -0.2) is 0 Å². The molecule has 4 atom stereocenters. The third-order valence-corrected chi connectivity index (χ3v) is 4.15. The summed E-state index contributed by atoms with van der Waals surface area (Å²) < 4.78 is 5.52. The van der Waals surface area contributed by atoms with Gasteiger partial charge in [0.05, 0.1) is 6.10 Å². The summed E-state index contributed by atoms with van der Waals surface area (Å²) in [5.41, 5.74) is 0. The van der Waals surface area contributed by atoms with E-state index in [4.69, 9.17) is 4.74 Å². The topological polar surface area (TPSA) is 26.3 Å². The molecule has 1 saturated heterocycles. The maximum absolute atomic E-state index is 12.1. The Morgan fingerprint density at radius 3 is 2.87 bits per heavy atom. The van der Waals surface area contributed by atoms with Crippen LogP contribution >= 0.6 is 0 Å². The van der Waals surface area contributed by atoms with Crippen molar-refractivity contribution in [1.29, 1.82) is 0 Å². The summed E-state index contributed by atoms with van der Waals surface area (Å²) in [5, 5.41) is 0. The van der Waals surface area contributed by atoms with E-state index in [1.54, 1.807) is 0 Å². The first-order valence-corrected chi connectivity index (χ1v) is 6.15. The first-order chi connectivity index (χ1) is 7.33. The standard InChI is InChI=1S/C13H18O2/c14-13(8-11-2-1-5-15-11)12-7-9-3-4-10(12)6-9/h3-4,9-12H,1-2,5-8H2. The molecular formula is C13H18O2. The summed E-state index contributed by atoms with van der Waals surface area (Å²) in [7, 11) is 0. The van der Waals surface area contributed by atoms with Crippen LogP contribution in [0.3, 0.4) is 0 Å². The highest BCUT2D eigenvalue weighted by Crippen LogP contribution is 2.44. The maximum Gasteiger partial charge on any atom is 0.139 e. The van der Waals surface area contributed by atoms with Gasteiger partial charge < -0.3 is 4.74 Å². The van der Waals surface area contributed by atoms with Gasteiger partial charge in [-0.2, -0.15) is 0 Å². The zero-order chi connectivity index (χ0) is 10.3. The predicted molar refractivity (Wildman–Crippen MR) is 57.4 cm³/mol. The van der Waals surface area contributed by atoms with Gasteiger partial charge in [-0.15, -0.1) is 0 Å². The fraction of sp³-hybridized carbons (Fsp3) is 0.769. The van der Waals surface area contributed by atoms with Crippen LogP contribution in [0.4, 0.5) is 0 Å². The Bertz CT molecular complexity index is 289. The van der Waals surface area contributed by atoms with Gasteiger partial charge in [-0.05, 0) is 37.5 Å². The normalized spacial score (nSPS) is 42.7. The van der Waals surface area contributed by atoms with E-state index in [-0.39, 0.29) is 6.10 Å². The molecule has 2 fully saturated rings. The van der Waals surface area contributed by atoms with Crippen LogP contribution in [0.1, 0.15) is 32.1 Å². The maximum atomic E-state index is 12.1. The summed E-state index contributed by atoms with van der Waals surface area (Å²) >= 11 is 0. The van der Waals surface area contributed by atoms with Crippen LogP contribution in [0.25, 0.3) is 0 Å². The molecule has 0 radical (unpaired) electrons. The number of carbonyl (C=O) groups is 1. The van der Waals surface area contributed by atoms with Crippen molar-refractivity contribution in [2.45, 2.75) is 38.2 Å².